The molecule has 0 spiro atoms. The van der Waals surface area contributed by atoms with Crippen LogP contribution in [0.1, 0.15) is 65.2 Å². The summed E-state index contributed by atoms with van der Waals surface area (Å²) in [7, 11) is 3.89. The smallest absolute Gasteiger partial charge is 0.167 e. The molecule has 0 bridgehead atoms. The molecule has 4 aliphatic rings. The highest BCUT2D eigenvalue weighted by molar-refractivity contribution is 7.99. The summed E-state index contributed by atoms with van der Waals surface area (Å²) in [5.41, 5.74) is 1.48. The first-order valence-electron chi connectivity index (χ1n) is 11.9. The lowest BCUT2D eigenvalue weighted by atomic mass is 9.46. The van der Waals surface area contributed by atoms with E-state index in [0.29, 0.717) is 17.4 Å². The summed E-state index contributed by atoms with van der Waals surface area (Å²) in [6.45, 7) is 4.96. The Morgan fingerprint density at radius 1 is 1.17 bits per heavy atom. The van der Waals surface area contributed by atoms with Crippen molar-refractivity contribution in [2.75, 3.05) is 12.9 Å². The average Bonchev–Trinajstić information content (AvgIpc) is 3.26. The molecule has 0 amide bonds. The summed E-state index contributed by atoms with van der Waals surface area (Å²) in [6.07, 6.45) is 16.1. The van der Waals surface area contributed by atoms with E-state index in [-0.39, 0.29) is 5.41 Å². The van der Waals surface area contributed by atoms with Crippen LogP contribution in [0.4, 0.5) is 0 Å². The maximum Gasteiger partial charge on any atom is 0.167 e. The van der Waals surface area contributed by atoms with E-state index in [9.17, 15) is 5.11 Å². The Balaban J connectivity index is 1.37. The van der Waals surface area contributed by atoms with Gasteiger partial charge in [0.2, 0.25) is 0 Å². The summed E-state index contributed by atoms with van der Waals surface area (Å²) in [5, 5.41) is 12.9. The minimum absolute atomic E-state index is 0.0354. The highest BCUT2D eigenvalue weighted by Crippen LogP contribution is 2.68. The van der Waals surface area contributed by atoms with E-state index in [1.165, 1.54) is 32.1 Å². The van der Waals surface area contributed by atoms with Crippen LogP contribution in [0.2, 0.25) is 0 Å². The van der Waals surface area contributed by atoms with Crippen molar-refractivity contribution in [1.82, 2.24) is 9.55 Å². The minimum atomic E-state index is -0.579. The Labute approximate surface area is 185 Å². The van der Waals surface area contributed by atoms with Gasteiger partial charge in [0.25, 0.3) is 0 Å². The van der Waals surface area contributed by atoms with Crippen LogP contribution >= 0.6 is 11.8 Å². The number of fused-ring (bicyclic) bond motifs is 5. The molecule has 4 nitrogen and oxygen atoms in total. The van der Waals surface area contributed by atoms with E-state index < -0.39 is 5.60 Å². The maximum atomic E-state index is 11.9. The molecule has 1 aromatic heterocycles. The number of aliphatic hydroxyl groups is 1. The number of hydrogen-bond acceptors (Lipinski definition) is 4. The monoisotopic (exact) mass is 430 g/mol. The molecule has 1 aromatic rings. The fraction of sp³-hybridized carbons (Fsp3) is 0.800. The zero-order chi connectivity index (χ0) is 21.1. The third kappa shape index (κ3) is 2.98. The first-order valence-corrected chi connectivity index (χ1v) is 12.9. The topological polar surface area (TPSA) is 47.3 Å². The van der Waals surface area contributed by atoms with Crippen LogP contribution in [-0.2, 0) is 11.8 Å². The molecule has 0 saturated heterocycles. The average molecular weight is 431 g/mol. The number of imidazole rings is 1. The molecule has 0 unspecified atom stereocenters. The number of ether oxygens (including phenoxy) is 1. The standard InChI is InChI=1S/C25H38N2O2S/c1-23-10-7-18(29-4)15-17(23)5-6-19-20(23)8-11-24(2)21(19)9-12-25(24,28)16-30-22-26-13-14-27(22)3/h13-15,18-21,28H,5-12,16H2,1-4H3/t18-,19+,20+,21-,23-,24-,25+/m0/s1. The lowest BCUT2D eigenvalue weighted by Crippen LogP contribution is -2.55. The second-order valence-electron chi connectivity index (χ2n) is 11.0. The third-order valence-corrected chi connectivity index (χ3v) is 11.2. The highest BCUT2D eigenvalue weighted by atomic mass is 32.2. The molecule has 0 aromatic carbocycles. The SMILES string of the molecule is CO[C@@H]1C=C2CC[C@@H]3[C@@H](CC[C@@]4(C)[C@H]3CC[C@@]4(O)CSc3nccn3C)[C@@]2(C)CC1. The Kier molecular flexibility index (Phi) is 5.19. The first kappa shape index (κ1) is 21.1. The molecule has 0 radical (unpaired) electrons. The van der Waals surface area contributed by atoms with Crippen LogP contribution < -0.4 is 0 Å². The molecule has 5 rings (SSSR count). The van der Waals surface area contributed by atoms with Crippen molar-refractivity contribution in [3.05, 3.63) is 24.0 Å². The number of hydrogen-bond donors (Lipinski definition) is 1. The van der Waals surface area contributed by atoms with Crippen molar-refractivity contribution >= 4 is 11.8 Å². The lowest BCUT2D eigenvalue weighted by Gasteiger charge is -2.59. The second kappa shape index (κ2) is 7.38. The van der Waals surface area contributed by atoms with Gasteiger partial charge in [-0.1, -0.05) is 37.3 Å². The van der Waals surface area contributed by atoms with Gasteiger partial charge in [-0.05, 0) is 74.5 Å². The van der Waals surface area contributed by atoms with Gasteiger partial charge in [0.05, 0.1) is 11.7 Å². The second-order valence-corrected chi connectivity index (χ2v) is 11.9. The van der Waals surface area contributed by atoms with E-state index in [1.807, 2.05) is 26.6 Å². The first-order chi connectivity index (χ1) is 14.3. The maximum absolute atomic E-state index is 11.9. The predicted molar refractivity (Wildman–Crippen MR) is 121 cm³/mol. The zero-order valence-corrected chi connectivity index (χ0v) is 19.9. The van der Waals surface area contributed by atoms with E-state index in [4.69, 9.17) is 4.74 Å². The molecule has 1 heterocycles. The Morgan fingerprint density at radius 2 is 1.97 bits per heavy atom. The summed E-state index contributed by atoms with van der Waals surface area (Å²) in [6, 6.07) is 0. The molecule has 3 fully saturated rings. The van der Waals surface area contributed by atoms with Gasteiger partial charge < -0.3 is 14.4 Å². The number of rotatable bonds is 4. The van der Waals surface area contributed by atoms with Gasteiger partial charge in [0, 0.05) is 37.7 Å². The van der Waals surface area contributed by atoms with Crippen LogP contribution in [-0.4, -0.2) is 39.2 Å². The van der Waals surface area contributed by atoms with Gasteiger partial charge in [-0.25, -0.2) is 4.98 Å². The van der Waals surface area contributed by atoms with Crippen molar-refractivity contribution in [2.24, 2.45) is 35.6 Å². The van der Waals surface area contributed by atoms with Gasteiger partial charge in [0.15, 0.2) is 5.16 Å². The van der Waals surface area contributed by atoms with Crippen molar-refractivity contribution in [1.29, 1.82) is 0 Å². The van der Waals surface area contributed by atoms with Crippen LogP contribution in [0.25, 0.3) is 0 Å². The fourth-order valence-electron chi connectivity index (χ4n) is 7.90. The van der Waals surface area contributed by atoms with Gasteiger partial charge in [-0.3, -0.25) is 0 Å². The quantitative estimate of drug-likeness (QED) is 0.525. The Morgan fingerprint density at radius 3 is 2.70 bits per heavy atom. The molecule has 4 aliphatic carbocycles. The van der Waals surface area contributed by atoms with Crippen molar-refractivity contribution in [3.8, 4) is 0 Å². The molecule has 0 aliphatic heterocycles. The van der Waals surface area contributed by atoms with Crippen molar-refractivity contribution < 1.29 is 9.84 Å². The lowest BCUT2D eigenvalue weighted by molar-refractivity contribution is -0.116. The number of allylic oxidation sites excluding steroid dienone is 1. The zero-order valence-electron chi connectivity index (χ0n) is 19.1. The number of thioether (sulfide) groups is 1. The number of aryl methyl sites for hydroxylation is 1. The minimum Gasteiger partial charge on any atom is -0.388 e. The van der Waals surface area contributed by atoms with Gasteiger partial charge in [-0.15, -0.1) is 0 Å². The van der Waals surface area contributed by atoms with Gasteiger partial charge in [-0.2, -0.15) is 0 Å². The van der Waals surface area contributed by atoms with Gasteiger partial charge in [0.1, 0.15) is 0 Å². The van der Waals surface area contributed by atoms with Crippen LogP contribution in [0.5, 0.6) is 0 Å². The largest absolute Gasteiger partial charge is 0.388 e. The highest BCUT2D eigenvalue weighted by Gasteiger charge is 2.63. The Bertz CT molecular complexity index is 837. The Hall–Kier alpha value is -0.780. The molecule has 30 heavy (non-hydrogen) atoms. The van der Waals surface area contributed by atoms with Crippen LogP contribution in [0.3, 0.4) is 0 Å². The molecular weight excluding hydrogens is 392 g/mol. The van der Waals surface area contributed by atoms with E-state index in [2.05, 4.69) is 29.5 Å². The third-order valence-electron chi connectivity index (χ3n) is 9.91. The summed E-state index contributed by atoms with van der Waals surface area (Å²) in [4.78, 5) is 4.47. The summed E-state index contributed by atoms with van der Waals surface area (Å²) >= 11 is 1.73. The molecule has 5 heteroatoms. The normalized spacial score (nSPS) is 45.4. The predicted octanol–water partition coefficient (Wildman–Crippen LogP) is 5.22. The fourth-order valence-corrected chi connectivity index (χ4v) is 9.15. The molecule has 166 valence electrons. The molecule has 7 atom stereocenters. The van der Waals surface area contributed by atoms with E-state index >= 15 is 0 Å². The molecular formula is C25H38N2O2S. The van der Waals surface area contributed by atoms with Crippen LogP contribution in [0, 0.1) is 28.6 Å². The van der Waals surface area contributed by atoms with Crippen LogP contribution in [0.15, 0.2) is 29.2 Å². The molecule has 3 saturated carbocycles. The van der Waals surface area contributed by atoms with Gasteiger partial charge >= 0.3 is 0 Å². The number of nitrogens with zero attached hydrogens (tertiary/aromatic N) is 2. The number of aromatic nitrogens is 2. The molecule has 1 N–H and O–H groups in total. The van der Waals surface area contributed by atoms with E-state index in [1.54, 1.807) is 17.3 Å². The number of methoxy groups -OCH3 is 1. The van der Waals surface area contributed by atoms with Crippen molar-refractivity contribution in [2.45, 2.75) is 82.1 Å². The summed E-state index contributed by atoms with van der Waals surface area (Å²) < 4.78 is 7.74. The van der Waals surface area contributed by atoms with E-state index in [0.717, 1.165) is 42.0 Å². The van der Waals surface area contributed by atoms with Crippen molar-refractivity contribution in [3.63, 3.8) is 0 Å². The summed E-state index contributed by atoms with van der Waals surface area (Å²) in [5.74, 6) is 2.96.